The van der Waals surface area contributed by atoms with E-state index in [0.717, 1.165) is 24.3 Å². The SMILES string of the molecule is CC(C)C1CCN(C(C)(CN)CC2CC2)CC1. The Bertz CT molecular complexity index is 239. The highest BCUT2D eigenvalue weighted by Gasteiger charge is 2.38. The third-order valence-electron chi connectivity index (χ3n) is 5.11. The molecule has 0 amide bonds. The standard InChI is InChI=1S/C15H30N2/c1-12(2)14-6-8-17(9-7-14)15(3,11-16)10-13-4-5-13/h12-14H,4-11,16H2,1-3H3. The third kappa shape index (κ3) is 3.23. The van der Waals surface area contributed by atoms with Gasteiger partial charge in [0.15, 0.2) is 0 Å². The molecule has 0 aromatic carbocycles. The Kier molecular flexibility index (Phi) is 4.14. The number of piperidine rings is 1. The van der Waals surface area contributed by atoms with Gasteiger partial charge in [0, 0.05) is 12.1 Å². The molecule has 2 fully saturated rings. The Morgan fingerprint density at radius 2 is 1.76 bits per heavy atom. The van der Waals surface area contributed by atoms with Crippen molar-refractivity contribution in [3.05, 3.63) is 0 Å². The molecule has 2 heteroatoms. The zero-order valence-corrected chi connectivity index (χ0v) is 11.9. The lowest BCUT2D eigenvalue weighted by atomic mass is 9.83. The Hall–Kier alpha value is -0.0800. The van der Waals surface area contributed by atoms with Gasteiger partial charge in [0.05, 0.1) is 0 Å². The van der Waals surface area contributed by atoms with Gasteiger partial charge in [0.25, 0.3) is 0 Å². The van der Waals surface area contributed by atoms with Gasteiger partial charge in [-0.25, -0.2) is 0 Å². The monoisotopic (exact) mass is 238 g/mol. The van der Waals surface area contributed by atoms with Crippen molar-refractivity contribution in [2.24, 2.45) is 23.5 Å². The van der Waals surface area contributed by atoms with Gasteiger partial charge in [-0.1, -0.05) is 26.7 Å². The molecule has 0 spiro atoms. The molecule has 0 radical (unpaired) electrons. The number of hydrogen-bond donors (Lipinski definition) is 1. The highest BCUT2D eigenvalue weighted by molar-refractivity contribution is 4.94. The second-order valence-corrected chi connectivity index (χ2v) is 6.92. The largest absolute Gasteiger partial charge is 0.329 e. The lowest BCUT2D eigenvalue weighted by Gasteiger charge is -2.45. The van der Waals surface area contributed by atoms with Crippen LogP contribution in [-0.4, -0.2) is 30.1 Å². The summed E-state index contributed by atoms with van der Waals surface area (Å²) in [7, 11) is 0. The van der Waals surface area contributed by atoms with Gasteiger partial charge in [0.2, 0.25) is 0 Å². The van der Waals surface area contributed by atoms with Crippen LogP contribution in [0.4, 0.5) is 0 Å². The van der Waals surface area contributed by atoms with Crippen LogP contribution in [0, 0.1) is 17.8 Å². The smallest absolute Gasteiger partial charge is 0.0306 e. The Balaban J connectivity index is 1.88. The first kappa shape index (κ1) is 13.4. The summed E-state index contributed by atoms with van der Waals surface area (Å²) >= 11 is 0. The first-order valence-electron chi connectivity index (χ1n) is 7.50. The van der Waals surface area contributed by atoms with E-state index in [1.165, 1.54) is 45.2 Å². The molecule has 1 aliphatic heterocycles. The molecule has 1 heterocycles. The van der Waals surface area contributed by atoms with Crippen LogP contribution in [-0.2, 0) is 0 Å². The van der Waals surface area contributed by atoms with Crippen molar-refractivity contribution >= 4 is 0 Å². The average Bonchev–Trinajstić information content (AvgIpc) is 3.13. The first-order chi connectivity index (χ1) is 8.05. The van der Waals surface area contributed by atoms with Crippen LogP contribution < -0.4 is 5.73 Å². The predicted octanol–water partition coefficient (Wildman–Crippen LogP) is 2.87. The van der Waals surface area contributed by atoms with Crippen LogP contribution in [0.15, 0.2) is 0 Å². The summed E-state index contributed by atoms with van der Waals surface area (Å²) in [6, 6.07) is 0. The minimum atomic E-state index is 0.281. The van der Waals surface area contributed by atoms with Gasteiger partial charge in [-0.15, -0.1) is 0 Å². The molecule has 2 rings (SSSR count). The lowest BCUT2D eigenvalue weighted by molar-refractivity contribution is 0.0480. The minimum Gasteiger partial charge on any atom is -0.329 e. The summed E-state index contributed by atoms with van der Waals surface area (Å²) in [4.78, 5) is 2.68. The van der Waals surface area contributed by atoms with Crippen LogP contribution in [0.25, 0.3) is 0 Å². The molecule has 1 aliphatic carbocycles. The van der Waals surface area contributed by atoms with E-state index >= 15 is 0 Å². The second-order valence-electron chi connectivity index (χ2n) is 6.92. The molecule has 2 nitrogen and oxygen atoms in total. The van der Waals surface area contributed by atoms with Gasteiger partial charge in [-0.05, 0) is 57.0 Å². The molecule has 1 saturated carbocycles. The molecule has 17 heavy (non-hydrogen) atoms. The zero-order chi connectivity index (χ0) is 12.5. The van der Waals surface area contributed by atoms with Crippen molar-refractivity contribution < 1.29 is 0 Å². The molecule has 1 unspecified atom stereocenters. The molecule has 0 aromatic rings. The van der Waals surface area contributed by atoms with Gasteiger partial charge in [0.1, 0.15) is 0 Å². The van der Waals surface area contributed by atoms with Crippen LogP contribution >= 0.6 is 0 Å². The number of rotatable bonds is 5. The lowest BCUT2D eigenvalue weighted by Crippen LogP contribution is -2.55. The fourth-order valence-corrected chi connectivity index (χ4v) is 3.39. The third-order valence-corrected chi connectivity index (χ3v) is 5.11. The maximum atomic E-state index is 6.07. The quantitative estimate of drug-likeness (QED) is 0.798. The van der Waals surface area contributed by atoms with Gasteiger partial charge >= 0.3 is 0 Å². The molecule has 0 aromatic heterocycles. The highest BCUT2D eigenvalue weighted by Crippen LogP contribution is 2.40. The Morgan fingerprint density at radius 1 is 1.18 bits per heavy atom. The van der Waals surface area contributed by atoms with Crippen LogP contribution in [0.1, 0.15) is 52.9 Å². The Labute approximate surface area is 107 Å². The molecular formula is C15H30N2. The molecule has 1 atom stereocenters. The van der Waals surface area contributed by atoms with Gasteiger partial charge < -0.3 is 5.73 Å². The number of likely N-dealkylation sites (tertiary alicyclic amines) is 1. The summed E-state index contributed by atoms with van der Waals surface area (Å²) in [5, 5.41) is 0. The van der Waals surface area contributed by atoms with E-state index in [-0.39, 0.29) is 5.54 Å². The first-order valence-corrected chi connectivity index (χ1v) is 7.50. The van der Waals surface area contributed by atoms with Crippen molar-refractivity contribution in [1.29, 1.82) is 0 Å². The summed E-state index contributed by atoms with van der Waals surface area (Å²) in [5.41, 5.74) is 6.35. The number of nitrogens with zero attached hydrogens (tertiary/aromatic N) is 1. The fourth-order valence-electron chi connectivity index (χ4n) is 3.39. The molecule has 1 saturated heterocycles. The topological polar surface area (TPSA) is 29.3 Å². The molecule has 2 aliphatic rings. The summed E-state index contributed by atoms with van der Waals surface area (Å²) in [5.74, 6) is 2.77. The Morgan fingerprint density at radius 3 is 2.18 bits per heavy atom. The van der Waals surface area contributed by atoms with Crippen molar-refractivity contribution in [3.8, 4) is 0 Å². The van der Waals surface area contributed by atoms with E-state index in [0.29, 0.717) is 0 Å². The summed E-state index contributed by atoms with van der Waals surface area (Å²) < 4.78 is 0. The van der Waals surface area contributed by atoms with Crippen molar-refractivity contribution in [1.82, 2.24) is 4.90 Å². The minimum absolute atomic E-state index is 0.281. The summed E-state index contributed by atoms with van der Waals surface area (Å²) in [6.07, 6.45) is 6.96. The van der Waals surface area contributed by atoms with E-state index in [4.69, 9.17) is 5.73 Å². The molecule has 0 bridgehead atoms. The number of nitrogens with two attached hydrogens (primary N) is 1. The molecule has 100 valence electrons. The molecule has 2 N–H and O–H groups in total. The van der Waals surface area contributed by atoms with Crippen LogP contribution in [0.3, 0.4) is 0 Å². The fraction of sp³-hybridized carbons (Fsp3) is 1.00. The highest BCUT2D eigenvalue weighted by atomic mass is 15.2. The second kappa shape index (κ2) is 5.27. The summed E-state index contributed by atoms with van der Waals surface area (Å²) in [6.45, 7) is 10.5. The number of hydrogen-bond acceptors (Lipinski definition) is 2. The van der Waals surface area contributed by atoms with E-state index in [1.54, 1.807) is 0 Å². The van der Waals surface area contributed by atoms with E-state index < -0.39 is 0 Å². The van der Waals surface area contributed by atoms with E-state index in [2.05, 4.69) is 25.7 Å². The van der Waals surface area contributed by atoms with E-state index in [1.807, 2.05) is 0 Å². The van der Waals surface area contributed by atoms with Crippen LogP contribution in [0.5, 0.6) is 0 Å². The normalized spacial score (nSPS) is 27.4. The van der Waals surface area contributed by atoms with Crippen LogP contribution in [0.2, 0.25) is 0 Å². The maximum Gasteiger partial charge on any atom is 0.0306 e. The average molecular weight is 238 g/mol. The zero-order valence-electron chi connectivity index (χ0n) is 11.9. The maximum absolute atomic E-state index is 6.07. The van der Waals surface area contributed by atoms with Crippen molar-refractivity contribution in [2.45, 2.75) is 58.4 Å². The van der Waals surface area contributed by atoms with E-state index in [9.17, 15) is 0 Å². The van der Waals surface area contributed by atoms with Gasteiger partial charge in [-0.3, -0.25) is 4.90 Å². The molecular weight excluding hydrogens is 208 g/mol. The predicted molar refractivity (Wildman–Crippen MR) is 73.9 cm³/mol. The van der Waals surface area contributed by atoms with Crippen molar-refractivity contribution in [3.63, 3.8) is 0 Å². The van der Waals surface area contributed by atoms with Crippen molar-refractivity contribution in [2.75, 3.05) is 19.6 Å². The van der Waals surface area contributed by atoms with Gasteiger partial charge in [-0.2, -0.15) is 0 Å².